The number of pyridine rings is 1. The SMILES string of the molecule is CCNc1cc(NCC2CC2)c2sc(-c3ccn[nH]3)cc2n1. The summed E-state index contributed by atoms with van der Waals surface area (Å²) in [6, 6.07) is 6.26. The van der Waals surface area contributed by atoms with Crippen LogP contribution in [-0.2, 0) is 0 Å². The van der Waals surface area contributed by atoms with Gasteiger partial charge < -0.3 is 10.6 Å². The molecule has 3 heterocycles. The Morgan fingerprint density at radius 2 is 2.23 bits per heavy atom. The van der Waals surface area contributed by atoms with Gasteiger partial charge in [-0.1, -0.05) is 0 Å². The van der Waals surface area contributed by atoms with Gasteiger partial charge in [0.15, 0.2) is 0 Å². The lowest BCUT2D eigenvalue weighted by atomic mass is 10.3. The maximum Gasteiger partial charge on any atom is 0.128 e. The molecular weight excluding hydrogens is 294 g/mol. The third kappa shape index (κ3) is 2.66. The summed E-state index contributed by atoms with van der Waals surface area (Å²) in [5.74, 6) is 1.78. The van der Waals surface area contributed by atoms with Gasteiger partial charge in [-0.15, -0.1) is 11.3 Å². The molecule has 0 aromatic carbocycles. The average Bonchev–Trinajstić information content (AvgIpc) is 3.01. The van der Waals surface area contributed by atoms with Crippen molar-refractivity contribution in [1.29, 1.82) is 0 Å². The molecule has 0 aliphatic heterocycles. The number of nitrogens with one attached hydrogen (secondary N) is 3. The lowest BCUT2D eigenvalue weighted by Crippen LogP contribution is -2.05. The first-order valence-electron chi connectivity index (χ1n) is 7.75. The fourth-order valence-electron chi connectivity index (χ4n) is 2.53. The monoisotopic (exact) mass is 313 g/mol. The fourth-order valence-corrected chi connectivity index (χ4v) is 3.59. The summed E-state index contributed by atoms with van der Waals surface area (Å²) in [6.45, 7) is 4.02. The summed E-state index contributed by atoms with van der Waals surface area (Å²) >= 11 is 1.76. The summed E-state index contributed by atoms with van der Waals surface area (Å²) in [7, 11) is 0. The van der Waals surface area contributed by atoms with Crippen LogP contribution in [0.25, 0.3) is 20.8 Å². The van der Waals surface area contributed by atoms with E-state index in [1.54, 1.807) is 17.5 Å². The summed E-state index contributed by atoms with van der Waals surface area (Å²) < 4.78 is 1.21. The van der Waals surface area contributed by atoms with E-state index >= 15 is 0 Å². The molecule has 4 rings (SSSR count). The number of aromatic nitrogens is 3. The maximum absolute atomic E-state index is 4.72. The van der Waals surface area contributed by atoms with Crippen molar-refractivity contribution >= 4 is 33.1 Å². The van der Waals surface area contributed by atoms with Gasteiger partial charge >= 0.3 is 0 Å². The molecule has 0 saturated heterocycles. The first-order valence-corrected chi connectivity index (χ1v) is 8.57. The topological polar surface area (TPSA) is 65.6 Å². The highest BCUT2D eigenvalue weighted by molar-refractivity contribution is 7.22. The van der Waals surface area contributed by atoms with E-state index in [0.717, 1.165) is 36.0 Å². The molecule has 0 radical (unpaired) electrons. The van der Waals surface area contributed by atoms with Gasteiger partial charge in [0.25, 0.3) is 0 Å². The van der Waals surface area contributed by atoms with Crippen LogP contribution in [0.3, 0.4) is 0 Å². The Morgan fingerprint density at radius 3 is 2.95 bits per heavy atom. The van der Waals surface area contributed by atoms with Gasteiger partial charge in [-0.2, -0.15) is 5.10 Å². The van der Waals surface area contributed by atoms with Crippen molar-refractivity contribution < 1.29 is 0 Å². The molecule has 22 heavy (non-hydrogen) atoms. The van der Waals surface area contributed by atoms with E-state index in [1.807, 2.05) is 6.07 Å². The lowest BCUT2D eigenvalue weighted by Gasteiger charge is -2.09. The fraction of sp³-hybridized carbons (Fsp3) is 0.375. The highest BCUT2D eigenvalue weighted by atomic mass is 32.1. The second-order valence-electron chi connectivity index (χ2n) is 5.70. The number of anilines is 2. The Kier molecular flexibility index (Phi) is 3.46. The van der Waals surface area contributed by atoms with Gasteiger partial charge in [0.05, 0.1) is 26.5 Å². The summed E-state index contributed by atoms with van der Waals surface area (Å²) in [4.78, 5) is 5.89. The number of H-pyrrole nitrogens is 1. The van der Waals surface area contributed by atoms with E-state index in [4.69, 9.17) is 4.98 Å². The second kappa shape index (κ2) is 5.61. The van der Waals surface area contributed by atoms with Gasteiger partial charge in [0, 0.05) is 25.4 Å². The van der Waals surface area contributed by atoms with Crippen LogP contribution in [-0.4, -0.2) is 28.3 Å². The molecule has 114 valence electrons. The highest BCUT2D eigenvalue weighted by Gasteiger charge is 2.21. The van der Waals surface area contributed by atoms with Crippen molar-refractivity contribution in [2.45, 2.75) is 19.8 Å². The first kappa shape index (κ1) is 13.6. The molecule has 0 unspecified atom stereocenters. The minimum absolute atomic E-state index is 0.845. The number of thiophene rings is 1. The molecule has 0 amide bonds. The van der Waals surface area contributed by atoms with Crippen LogP contribution in [0.15, 0.2) is 24.4 Å². The quantitative estimate of drug-likeness (QED) is 0.645. The number of nitrogens with zero attached hydrogens (tertiary/aromatic N) is 2. The lowest BCUT2D eigenvalue weighted by molar-refractivity contribution is 0.890. The van der Waals surface area contributed by atoms with Crippen molar-refractivity contribution in [1.82, 2.24) is 15.2 Å². The Bertz CT molecular complexity index is 773. The van der Waals surface area contributed by atoms with E-state index < -0.39 is 0 Å². The minimum atomic E-state index is 0.845. The molecule has 1 aliphatic rings. The van der Waals surface area contributed by atoms with E-state index in [1.165, 1.54) is 28.1 Å². The third-order valence-electron chi connectivity index (χ3n) is 3.88. The van der Waals surface area contributed by atoms with Crippen LogP contribution in [0.2, 0.25) is 0 Å². The number of aromatic amines is 1. The molecule has 0 bridgehead atoms. The molecule has 1 fully saturated rings. The second-order valence-corrected chi connectivity index (χ2v) is 6.76. The first-order chi connectivity index (χ1) is 10.8. The van der Waals surface area contributed by atoms with Crippen molar-refractivity contribution in [3.05, 3.63) is 24.4 Å². The molecule has 3 aromatic rings. The van der Waals surface area contributed by atoms with Crippen LogP contribution in [0, 0.1) is 5.92 Å². The minimum Gasteiger partial charge on any atom is -0.383 e. The van der Waals surface area contributed by atoms with Crippen LogP contribution in [0.5, 0.6) is 0 Å². The van der Waals surface area contributed by atoms with Crippen LogP contribution in [0.4, 0.5) is 11.5 Å². The predicted molar refractivity (Wildman–Crippen MR) is 92.6 cm³/mol. The molecule has 0 spiro atoms. The standard InChI is InChI=1S/C16H19N5S/c1-2-17-15-8-12(18-9-10-3-4-10)16-13(20-15)7-14(22-16)11-5-6-19-21-11/h5-8,10H,2-4,9H2,1H3,(H,19,21)(H2,17,18,20). The van der Waals surface area contributed by atoms with Crippen molar-refractivity contribution in [2.24, 2.45) is 5.92 Å². The van der Waals surface area contributed by atoms with E-state index in [0.29, 0.717) is 0 Å². The van der Waals surface area contributed by atoms with E-state index in [2.05, 4.69) is 39.9 Å². The third-order valence-corrected chi connectivity index (χ3v) is 5.07. The Balaban J connectivity index is 1.75. The molecule has 1 saturated carbocycles. The van der Waals surface area contributed by atoms with Gasteiger partial charge in [0.1, 0.15) is 5.82 Å². The largest absolute Gasteiger partial charge is 0.383 e. The van der Waals surface area contributed by atoms with Gasteiger partial charge in [-0.05, 0) is 37.8 Å². The van der Waals surface area contributed by atoms with Gasteiger partial charge in [-0.3, -0.25) is 5.10 Å². The zero-order valence-corrected chi connectivity index (χ0v) is 13.3. The molecule has 3 aromatic heterocycles. The molecule has 5 nitrogen and oxygen atoms in total. The Labute approximate surface area is 133 Å². The number of fused-ring (bicyclic) bond motifs is 1. The maximum atomic E-state index is 4.72. The molecule has 6 heteroatoms. The van der Waals surface area contributed by atoms with Crippen molar-refractivity contribution in [3.8, 4) is 10.6 Å². The van der Waals surface area contributed by atoms with Crippen molar-refractivity contribution in [2.75, 3.05) is 23.7 Å². The number of hydrogen-bond donors (Lipinski definition) is 3. The van der Waals surface area contributed by atoms with E-state index in [-0.39, 0.29) is 0 Å². The van der Waals surface area contributed by atoms with Crippen LogP contribution in [0.1, 0.15) is 19.8 Å². The van der Waals surface area contributed by atoms with Crippen LogP contribution >= 0.6 is 11.3 Å². The Hall–Kier alpha value is -2.08. The zero-order chi connectivity index (χ0) is 14.9. The van der Waals surface area contributed by atoms with Gasteiger partial charge in [-0.25, -0.2) is 4.98 Å². The Morgan fingerprint density at radius 1 is 1.32 bits per heavy atom. The van der Waals surface area contributed by atoms with Gasteiger partial charge in [0.2, 0.25) is 0 Å². The molecule has 3 N–H and O–H groups in total. The molecule has 1 aliphatic carbocycles. The summed E-state index contributed by atoms with van der Waals surface area (Å²) in [5, 5.41) is 14.0. The molecule has 0 atom stereocenters. The number of hydrogen-bond acceptors (Lipinski definition) is 5. The van der Waals surface area contributed by atoms with Crippen molar-refractivity contribution in [3.63, 3.8) is 0 Å². The average molecular weight is 313 g/mol. The highest BCUT2D eigenvalue weighted by Crippen LogP contribution is 2.38. The smallest absolute Gasteiger partial charge is 0.128 e. The van der Waals surface area contributed by atoms with E-state index in [9.17, 15) is 0 Å². The zero-order valence-electron chi connectivity index (χ0n) is 12.5. The number of rotatable bonds is 6. The summed E-state index contributed by atoms with van der Waals surface area (Å²) in [5.41, 5.74) is 3.26. The predicted octanol–water partition coefficient (Wildman–Crippen LogP) is 3.94. The summed E-state index contributed by atoms with van der Waals surface area (Å²) in [6.07, 6.45) is 4.49. The normalized spacial score (nSPS) is 14.4. The molecular formula is C16H19N5S. The van der Waals surface area contributed by atoms with Crippen LogP contribution < -0.4 is 10.6 Å².